The van der Waals surface area contributed by atoms with Gasteiger partial charge < -0.3 is 5.73 Å². The number of para-hydroxylation sites is 2. The van der Waals surface area contributed by atoms with Gasteiger partial charge in [-0.2, -0.15) is 5.10 Å². The molecular weight excluding hydrogens is 350 g/mol. The predicted octanol–water partition coefficient (Wildman–Crippen LogP) is 3.19. The number of hydrogen-bond donors (Lipinski definition) is 2. The normalized spacial score (nSPS) is 15.9. The number of nitrogens with zero attached hydrogens (tertiary/aromatic N) is 5. The monoisotopic (exact) mass is 371 g/mol. The third-order valence-electron chi connectivity index (χ3n) is 5.21. The van der Waals surface area contributed by atoms with Crippen molar-refractivity contribution in [1.29, 1.82) is 0 Å². The number of nitrogens with one attached hydrogen (secondary N) is 1. The molecule has 0 saturated carbocycles. The number of aryl methyl sites for hydroxylation is 1. The summed E-state index contributed by atoms with van der Waals surface area (Å²) in [5.74, 6) is 1.07. The van der Waals surface area contributed by atoms with Crippen molar-refractivity contribution < 1.29 is 0 Å². The van der Waals surface area contributed by atoms with Crippen LogP contribution in [0.15, 0.2) is 59.6 Å². The van der Waals surface area contributed by atoms with Crippen LogP contribution in [0.5, 0.6) is 0 Å². The topological polar surface area (TPSA) is 86.1 Å². The van der Waals surface area contributed by atoms with E-state index in [-0.39, 0.29) is 6.17 Å². The second-order valence-corrected chi connectivity index (χ2v) is 7.03. The number of rotatable bonds is 3. The number of guanidine groups is 1. The summed E-state index contributed by atoms with van der Waals surface area (Å²) in [5.41, 5.74) is 12.3. The van der Waals surface area contributed by atoms with Crippen molar-refractivity contribution in [2.75, 3.05) is 5.32 Å². The smallest absolute Gasteiger partial charge is 0.212 e. The molecule has 5 rings (SSSR count). The average molecular weight is 371 g/mol. The summed E-state index contributed by atoms with van der Waals surface area (Å²) in [4.78, 5) is 9.39. The van der Waals surface area contributed by atoms with Gasteiger partial charge in [-0.1, -0.05) is 42.5 Å². The number of nitrogens with two attached hydrogens (primary N) is 1. The van der Waals surface area contributed by atoms with Gasteiger partial charge in [0, 0.05) is 11.3 Å². The van der Waals surface area contributed by atoms with Gasteiger partial charge in [0.15, 0.2) is 12.1 Å². The highest BCUT2D eigenvalue weighted by Crippen LogP contribution is 2.35. The van der Waals surface area contributed by atoms with Gasteiger partial charge in [0.05, 0.1) is 23.3 Å². The number of imidazole rings is 1. The SMILES string of the molecule is Cc1nn(Cc2ccccc2)c(C)c1[C@@H]1N=C(N)Nc2nc3ccccc3n21. The second kappa shape index (κ2) is 6.23. The molecule has 0 saturated heterocycles. The molecular formula is C21H21N7. The Morgan fingerprint density at radius 3 is 2.61 bits per heavy atom. The minimum atomic E-state index is -0.298. The Morgan fingerprint density at radius 2 is 1.79 bits per heavy atom. The van der Waals surface area contributed by atoms with Gasteiger partial charge >= 0.3 is 0 Å². The largest absolute Gasteiger partial charge is 0.370 e. The van der Waals surface area contributed by atoms with Crippen molar-refractivity contribution >= 4 is 22.9 Å². The van der Waals surface area contributed by atoms with Gasteiger partial charge in [-0.15, -0.1) is 0 Å². The summed E-state index contributed by atoms with van der Waals surface area (Å²) in [6.07, 6.45) is -0.298. The molecule has 0 unspecified atom stereocenters. The van der Waals surface area contributed by atoms with Crippen LogP contribution < -0.4 is 11.1 Å². The maximum absolute atomic E-state index is 6.09. The summed E-state index contributed by atoms with van der Waals surface area (Å²) in [6, 6.07) is 18.4. The fourth-order valence-electron chi connectivity index (χ4n) is 3.90. The van der Waals surface area contributed by atoms with Crippen molar-refractivity contribution in [2.45, 2.75) is 26.6 Å². The lowest BCUT2D eigenvalue weighted by Crippen LogP contribution is -2.31. The van der Waals surface area contributed by atoms with E-state index in [9.17, 15) is 0 Å². The lowest BCUT2D eigenvalue weighted by atomic mass is 10.1. The van der Waals surface area contributed by atoms with Crippen molar-refractivity contribution in [1.82, 2.24) is 19.3 Å². The van der Waals surface area contributed by atoms with E-state index < -0.39 is 0 Å². The van der Waals surface area contributed by atoms with Crippen LogP contribution in [0.1, 0.15) is 28.7 Å². The lowest BCUT2D eigenvalue weighted by Gasteiger charge is -2.24. The van der Waals surface area contributed by atoms with Crippen molar-refractivity contribution in [3.8, 4) is 0 Å². The van der Waals surface area contributed by atoms with Crippen LogP contribution in [0.2, 0.25) is 0 Å². The molecule has 0 spiro atoms. The van der Waals surface area contributed by atoms with E-state index in [1.807, 2.05) is 48.0 Å². The molecule has 0 radical (unpaired) electrons. The van der Waals surface area contributed by atoms with Gasteiger partial charge in [-0.05, 0) is 31.5 Å². The molecule has 4 aromatic rings. The summed E-state index contributed by atoms with van der Waals surface area (Å²) in [6.45, 7) is 4.83. The number of fused-ring (bicyclic) bond motifs is 3. The van der Waals surface area contributed by atoms with E-state index >= 15 is 0 Å². The Morgan fingerprint density at radius 1 is 1.04 bits per heavy atom. The Balaban J connectivity index is 1.64. The van der Waals surface area contributed by atoms with Gasteiger partial charge in [-0.3, -0.25) is 14.6 Å². The molecule has 2 aromatic heterocycles. The Bertz CT molecular complexity index is 1200. The number of aliphatic imine (C=N–C) groups is 1. The minimum absolute atomic E-state index is 0.298. The van der Waals surface area contributed by atoms with E-state index in [4.69, 9.17) is 15.8 Å². The zero-order chi connectivity index (χ0) is 19.3. The first-order chi connectivity index (χ1) is 13.6. The fraction of sp³-hybridized carbons (Fsp3) is 0.190. The van der Waals surface area contributed by atoms with Crippen molar-refractivity contribution in [2.24, 2.45) is 10.7 Å². The van der Waals surface area contributed by atoms with Crippen LogP contribution in [0.25, 0.3) is 11.0 Å². The molecule has 28 heavy (non-hydrogen) atoms. The summed E-state index contributed by atoms with van der Waals surface area (Å²) in [5, 5.41) is 7.88. The molecule has 7 heteroatoms. The molecule has 2 aromatic carbocycles. The van der Waals surface area contributed by atoms with Crippen LogP contribution in [0, 0.1) is 13.8 Å². The predicted molar refractivity (Wildman–Crippen MR) is 110 cm³/mol. The van der Waals surface area contributed by atoms with Crippen LogP contribution >= 0.6 is 0 Å². The number of anilines is 1. The molecule has 0 amide bonds. The highest BCUT2D eigenvalue weighted by molar-refractivity contribution is 5.94. The van der Waals surface area contributed by atoms with Crippen LogP contribution in [0.3, 0.4) is 0 Å². The number of hydrogen-bond acceptors (Lipinski definition) is 5. The van der Waals surface area contributed by atoms with E-state index in [1.165, 1.54) is 5.56 Å². The van der Waals surface area contributed by atoms with E-state index in [2.05, 4.69) is 40.0 Å². The van der Waals surface area contributed by atoms with Gasteiger partial charge in [-0.25, -0.2) is 9.98 Å². The molecule has 1 aliphatic rings. The molecule has 1 aliphatic heterocycles. The zero-order valence-corrected chi connectivity index (χ0v) is 15.8. The minimum Gasteiger partial charge on any atom is -0.370 e. The molecule has 3 N–H and O–H groups in total. The van der Waals surface area contributed by atoms with Gasteiger partial charge in [0.2, 0.25) is 5.95 Å². The van der Waals surface area contributed by atoms with E-state index in [1.54, 1.807) is 0 Å². The summed E-state index contributed by atoms with van der Waals surface area (Å²) in [7, 11) is 0. The number of aromatic nitrogens is 4. The first-order valence-corrected chi connectivity index (χ1v) is 9.27. The molecule has 3 heterocycles. The standard InChI is InChI=1S/C21H21N7/c1-13-18(14(2)27(26-13)12-15-8-4-3-5-9-15)19-24-20(22)25-21-23-16-10-6-7-11-17(16)28(19)21/h3-11,19H,12H2,1-2H3,(H3,22,23,24,25)/t19-/m1/s1. The third-order valence-corrected chi connectivity index (χ3v) is 5.21. The highest BCUT2D eigenvalue weighted by atomic mass is 15.4. The Labute approximate surface area is 162 Å². The molecule has 140 valence electrons. The zero-order valence-electron chi connectivity index (χ0n) is 15.8. The van der Waals surface area contributed by atoms with Crippen LogP contribution in [0.4, 0.5) is 5.95 Å². The van der Waals surface area contributed by atoms with Gasteiger partial charge in [0.25, 0.3) is 0 Å². The third kappa shape index (κ3) is 2.55. The Hall–Kier alpha value is -3.61. The molecule has 1 atom stereocenters. The van der Waals surface area contributed by atoms with E-state index in [0.29, 0.717) is 11.9 Å². The maximum atomic E-state index is 6.09. The highest BCUT2D eigenvalue weighted by Gasteiger charge is 2.29. The molecule has 0 aliphatic carbocycles. The maximum Gasteiger partial charge on any atom is 0.212 e. The quantitative estimate of drug-likeness (QED) is 0.579. The molecule has 7 nitrogen and oxygen atoms in total. The van der Waals surface area contributed by atoms with Gasteiger partial charge in [0.1, 0.15) is 0 Å². The first-order valence-electron chi connectivity index (χ1n) is 9.27. The number of benzene rings is 2. The fourth-order valence-corrected chi connectivity index (χ4v) is 3.90. The van der Waals surface area contributed by atoms with Crippen LogP contribution in [-0.2, 0) is 6.54 Å². The lowest BCUT2D eigenvalue weighted by molar-refractivity contribution is 0.612. The van der Waals surface area contributed by atoms with Crippen molar-refractivity contribution in [3.63, 3.8) is 0 Å². The summed E-state index contributed by atoms with van der Waals surface area (Å²) >= 11 is 0. The Kier molecular flexibility index (Phi) is 3.68. The average Bonchev–Trinajstić information content (AvgIpc) is 3.19. The van der Waals surface area contributed by atoms with Crippen molar-refractivity contribution in [3.05, 3.63) is 77.1 Å². The van der Waals surface area contributed by atoms with Crippen LogP contribution in [-0.4, -0.2) is 25.3 Å². The summed E-state index contributed by atoms with van der Waals surface area (Å²) < 4.78 is 4.13. The molecule has 0 bridgehead atoms. The van der Waals surface area contributed by atoms with E-state index in [0.717, 1.165) is 34.5 Å². The second-order valence-electron chi connectivity index (χ2n) is 7.03. The molecule has 0 fully saturated rings. The first kappa shape index (κ1) is 16.6.